The smallest absolute Gasteiger partial charge is 0.260 e. The molecular weight excluding hydrogens is 358 g/mol. The zero-order valence-corrected chi connectivity index (χ0v) is 16.3. The monoisotopic (exact) mass is 385 g/mol. The van der Waals surface area contributed by atoms with E-state index in [4.69, 9.17) is 4.74 Å². The van der Waals surface area contributed by atoms with E-state index >= 15 is 0 Å². The molecule has 3 saturated heterocycles. The topological polar surface area (TPSA) is 70.2 Å². The minimum atomic E-state index is -0.668. The molecule has 3 aliphatic heterocycles. The van der Waals surface area contributed by atoms with Crippen LogP contribution in [-0.2, 0) is 14.4 Å². The highest BCUT2D eigenvalue weighted by atomic mass is 16.5. The van der Waals surface area contributed by atoms with Crippen LogP contribution in [0, 0.1) is 11.3 Å². The average molecular weight is 385 g/mol. The summed E-state index contributed by atoms with van der Waals surface area (Å²) >= 11 is 0. The molecular formula is C21H27N3O4. The summed E-state index contributed by atoms with van der Waals surface area (Å²) in [6.45, 7) is 4.88. The number of amides is 3. The van der Waals surface area contributed by atoms with Crippen LogP contribution in [0.4, 0.5) is 0 Å². The van der Waals surface area contributed by atoms with Gasteiger partial charge in [0, 0.05) is 52.1 Å². The number of carbonyl (C=O) groups excluding carboxylic acids is 3. The van der Waals surface area contributed by atoms with Gasteiger partial charge in [0.05, 0.1) is 5.41 Å². The Balaban J connectivity index is 1.47. The van der Waals surface area contributed by atoms with Crippen LogP contribution in [0.5, 0.6) is 5.75 Å². The first kappa shape index (κ1) is 18.8. The lowest BCUT2D eigenvalue weighted by atomic mass is 9.79. The fraction of sp³-hybridized carbons (Fsp3) is 0.571. The molecule has 7 nitrogen and oxygen atoms in total. The Bertz CT molecular complexity index is 762. The van der Waals surface area contributed by atoms with Gasteiger partial charge in [-0.25, -0.2) is 0 Å². The third-order valence-corrected chi connectivity index (χ3v) is 6.33. The van der Waals surface area contributed by atoms with Gasteiger partial charge in [-0.3, -0.25) is 14.4 Å². The Morgan fingerprint density at radius 3 is 2.32 bits per heavy atom. The van der Waals surface area contributed by atoms with Crippen molar-refractivity contribution in [3.8, 4) is 5.75 Å². The predicted molar refractivity (Wildman–Crippen MR) is 103 cm³/mol. The van der Waals surface area contributed by atoms with E-state index < -0.39 is 5.41 Å². The first-order chi connectivity index (χ1) is 13.5. The molecule has 3 aliphatic rings. The Hall–Kier alpha value is -2.57. The maximum atomic E-state index is 13.4. The zero-order chi connectivity index (χ0) is 19.7. The van der Waals surface area contributed by atoms with Crippen molar-refractivity contribution >= 4 is 17.7 Å². The van der Waals surface area contributed by atoms with Crippen LogP contribution >= 0.6 is 0 Å². The molecule has 7 heteroatoms. The van der Waals surface area contributed by atoms with Gasteiger partial charge in [-0.15, -0.1) is 0 Å². The SMILES string of the molecule is CC(=O)N1CC2CN(C(=O)COc3ccccc3)CC2(C(=O)N2CCCC2)C1. The second-order valence-corrected chi connectivity index (χ2v) is 8.13. The van der Waals surface area contributed by atoms with Crippen LogP contribution in [0.3, 0.4) is 0 Å². The van der Waals surface area contributed by atoms with E-state index in [1.54, 1.807) is 16.7 Å². The Morgan fingerprint density at radius 1 is 1.00 bits per heavy atom. The molecule has 0 radical (unpaired) electrons. The highest BCUT2D eigenvalue weighted by Gasteiger charge is 2.59. The lowest BCUT2D eigenvalue weighted by Gasteiger charge is -2.32. The number of nitrogens with zero attached hydrogens (tertiary/aromatic N) is 3. The molecule has 28 heavy (non-hydrogen) atoms. The van der Waals surface area contributed by atoms with Crippen molar-refractivity contribution in [2.75, 3.05) is 45.9 Å². The fourth-order valence-electron chi connectivity index (χ4n) is 4.79. The van der Waals surface area contributed by atoms with E-state index in [1.807, 2.05) is 35.2 Å². The molecule has 3 fully saturated rings. The number of likely N-dealkylation sites (tertiary alicyclic amines) is 3. The van der Waals surface area contributed by atoms with Crippen molar-refractivity contribution < 1.29 is 19.1 Å². The highest BCUT2D eigenvalue weighted by Crippen LogP contribution is 2.44. The largest absolute Gasteiger partial charge is 0.484 e. The molecule has 0 saturated carbocycles. The van der Waals surface area contributed by atoms with E-state index in [0.717, 1.165) is 25.9 Å². The molecule has 4 rings (SSSR count). The Kier molecular flexibility index (Phi) is 5.00. The average Bonchev–Trinajstić information content (AvgIpc) is 3.40. The third-order valence-electron chi connectivity index (χ3n) is 6.33. The molecule has 3 heterocycles. The van der Waals surface area contributed by atoms with Crippen molar-refractivity contribution in [1.82, 2.24) is 14.7 Å². The van der Waals surface area contributed by atoms with Gasteiger partial charge < -0.3 is 19.4 Å². The molecule has 0 N–H and O–H groups in total. The number of carbonyl (C=O) groups is 3. The highest BCUT2D eigenvalue weighted by molar-refractivity contribution is 5.88. The molecule has 2 unspecified atom stereocenters. The number of ether oxygens (including phenoxy) is 1. The van der Waals surface area contributed by atoms with Gasteiger partial charge in [-0.1, -0.05) is 18.2 Å². The summed E-state index contributed by atoms with van der Waals surface area (Å²) in [7, 11) is 0. The van der Waals surface area contributed by atoms with Crippen molar-refractivity contribution in [3.63, 3.8) is 0 Å². The normalized spacial score (nSPS) is 26.5. The summed E-state index contributed by atoms with van der Waals surface area (Å²) in [5, 5.41) is 0. The molecule has 0 aromatic heterocycles. The quantitative estimate of drug-likeness (QED) is 0.775. The number of fused-ring (bicyclic) bond motifs is 1. The maximum Gasteiger partial charge on any atom is 0.260 e. The summed E-state index contributed by atoms with van der Waals surface area (Å²) in [6.07, 6.45) is 2.05. The van der Waals surface area contributed by atoms with Crippen LogP contribution in [0.15, 0.2) is 30.3 Å². The number of hydrogen-bond donors (Lipinski definition) is 0. The number of rotatable bonds is 4. The van der Waals surface area contributed by atoms with Crippen molar-refractivity contribution in [2.24, 2.45) is 11.3 Å². The molecule has 0 bridgehead atoms. The number of benzene rings is 1. The predicted octanol–water partition coefficient (Wildman–Crippen LogP) is 0.995. The van der Waals surface area contributed by atoms with E-state index in [2.05, 4.69) is 0 Å². The molecule has 1 aromatic rings. The van der Waals surface area contributed by atoms with Gasteiger partial charge in [0.15, 0.2) is 6.61 Å². The van der Waals surface area contributed by atoms with Crippen molar-refractivity contribution in [1.29, 1.82) is 0 Å². The third kappa shape index (κ3) is 3.34. The summed E-state index contributed by atoms with van der Waals surface area (Å²) in [5.74, 6) is 0.638. The van der Waals surface area contributed by atoms with Gasteiger partial charge in [0.2, 0.25) is 11.8 Å². The molecule has 1 aromatic carbocycles. The molecule has 0 spiro atoms. The second kappa shape index (κ2) is 7.45. The second-order valence-electron chi connectivity index (χ2n) is 8.13. The summed E-state index contributed by atoms with van der Waals surface area (Å²) in [5.41, 5.74) is -0.668. The Labute approximate surface area is 165 Å². The van der Waals surface area contributed by atoms with Gasteiger partial charge in [0.25, 0.3) is 5.91 Å². The Morgan fingerprint density at radius 2 is 1.64 bits per heavy atom. The summed E-state index contributed by atoms with van der Waals surface area (Å²) in [4.78, 5) is 43.5. The van der Waals surface area contributed by atoms with Crippen LogP contribution in [0.1, 0.15) is 19.8 Å². The minimum Gasteiger partial charge on any atom is -0.484 e. The maximum absolute atomic E-state index is 13.4. The van der Waals surface area contributed by atoms with Crippen molar-refractivity contribution in [3.05, 3.63) is 30.3 Å². The van der Waals surface area contributed by atoms with Crippen LogP contribution in [0.2, 0.25) is 0 Å². The first-order valence-corrected chi connectivity index (χ1v) is 10.00. The standard InChI is InChI=1S/C21H27N3O4/c1-16(25)23-11-17-12-24(19(26)13-28-18-7-3-2-4-8-18)15-21(17,14-23)20(27)22-9-5-6-10-22/h2-4,7-8,17H,5-6,9-15H2,1H3. The number of hydrogen-bond acceptors (Lipinski definition) is 4. The van der Waals surface area contributed by atoms with Crippen LogP contribution in [0.25, 0.3) is 0 Å². The van der Waals surface area contributed by atoms with Crippen molar-refractivity contribution in [2.45, 2.75) is 19.8 Å². The lowest BCUT2D eigenvalue weighted by molar-refractivity contribution is -0.142. The molecule has 3 amide bonds. The van der Waals surface area contributed by atoms with E-state index in [0.29, 0.717) is 31.9 Å². The fourth-order valence-corrected chi connectivity index (χ4v) is 4.79. The van der Waals surface area contributed by atoms with Crippen LogP contribution < -0.4 is 4.74 Å². The van der Waals surface area contributed by atoms with E-state index in [1.165, 1.54) is 0 Å². The molecule has 0 aliphatic carbocycles. The first-order valence-electron chi connectivity index (χ1n) is 10.00. The van der Waals surface area contributed by atoms with Gasteiger partial charge in [-0.2, -0.15) is 0 Å². The minimum absolute atomic E-state index is 0.00622. The molecule has 150 valence electrons. The summed E-state index contributed by atoms with van der Waals surface area (Å²) < 4.78 is 5.60. The summed E-state index contributed by atoms with van der Waals surface area (Å²) in [6, 6.07) is 9.25. The zero-order valence-electron chi connectivity index (χ0n) is 16.3. The van der Waals surface area contributed by atoms with Crippen LogP contribution in [-0.4, -0.2) is 78.3 Å². The van der Waals surface area contributed by atoms with Gasteiger partial charge in [0.1, 0.15) is 5.75 Å². The molecule has 2 atom stereocenters. The van der Waals surface area contributed by atoms with Gasteiger partial charge in [-0.05, 0) is 25.0 Å². The lowest BCUT2D eigenvalue weighted by Crippen LogP contribution is -2.49. The van der Waals surface area contributed by atoms with E-state index in [9.17, 15) is 14.4 Å². The van der Waals surface area contributed by atoms with Gasteiger partial charge >= 0.3 is 0 Å². The van der Waals surface area contributed by atoms with E-state index in [-0.39, 0.29) is 30.2 Å². The number of para-hydroxylation sites is 1.